The average molecular weight is 454 g/mol. The van der Waals surface area contributed by atoms with Crippen LogP contribution >= 0.6 is 15.9 Å². The van der Waals surface area contributed by atoms with Crippen molar-refractivity contribution >= 4 is 28.1 Å². The number of carbonyl (C=O) groups is 1. The third kappa shape index (κ3) is 6.05. The van der Waals surface area contributed by atoms with E-state index in [0.29, 0.717) is 34.7 Å². The number of nitrogens with one attached hydrogen (secondary N) is 3. The minimum Gasteiger partial charge on any atom is -0.490 e. The summed E-state index contributed by atoms with van der Waals surface area (Å²) in [5, 5.41) is 9.62. The quantitative estimate of drug-likeness (QED) is 0.383. The minimum atomic E-state index is -0.698. The van der Waals surface area contributed by atoms with Gasteiger partial charge in [0, 0.05) is 12.8 Å². The Bertz CT molecular complexity index is 969. The predicted octanol–water partition coefficient (Wildman–Crippen LogP) is 1.10. The second kappa shape index (κ2) is 10.4. The fourth-order valence-electron chi connectivity index (χ4n) is 2.22. The van der Waals surface area contributed by atoms with Gasteiger partial charge in [0.15, 0.2) is 11.5 Å². The first-order chi connectivity index (χ1) is 13.4. The fourth-order valence-corrected chi connectivity index (χ4v) is 2.79. The molecule has 150 valence electrons. The SMILES string of the molecule is CCOc1cc(/C=N/NC(=O)CCc2n[nH]c(=O)[nH]c2=O)cc(Br)c1OCC. The van der Waals surface area contributed by atoms with Gasteiger partial charge < -0.3 is 9.47 Å². The molecule has 28 heavy (non-hydrogen) atoms. The Labute approximate surface area is 168 Å². The van der Waals surface area contributed by atoms with Crippen LogP contribution in [0.1, 0.15) is 31.5 Å². The van der Waals surface area contributed by atoms with E-state index in [4.69, 9.17) is 9.47 Å². The van der Waals surface area contributed by atoms with Crippen LogP contribution in [0, 0.1) is 0 Å². The first-order valence-electron chi connectivity index (χ1n) is 8.53. The van der Waals surface area contributed by atoms with Crippen LogP contribution in [0.3, 0.4) is 0 Å². The number of carbonyl (C=O) groups excluding carboxylic acids is 1. The molecule has 0 unspecified atom stereocenters. The number of aromatic nitrogens is 3. The molecular formula is C17H20BrN5O5. The normalized spacial score (nSPS) is 10.8. The van der Waals surface area contributed by atoms with Crippen molar-refractivity contribution < 1.29 is 14.3 Å². The molecule has 0 radical (unpaired) electrons. The first kappa shape index (κ1) is 21.4. The van der Waals surface area contributed by atoms with Crippen molar-refractivity contribution in [1.82, 2.24) is 20.6 Å². The van der Waals surface area contributed by atoms with Gasteiger partial charge in [0.05, 0.1) is 23.9 Å². The number of aromatic amines is 2. The van der Waals surface area contributed by atoms with Gasteiger partial charge in [-0.05, 0) is 47.5 Å². The molecule has 2 aromatic rings. The lowest BCUT2D eigenvalue weighted by molar-refractivity contribution is -0.121. The molecule has 0 saturated carbocycles. The van der Waals surface area contributed by atoms with Gasteiger partial charge in [-0.2, -0.15) is 10.2 Å². The summed E-state index contributed by atoms with van der Waals surface area (Å²) >= 11 is 3.43. The lowest BCUT2D eigenvalue weighted by Crippen LogP contribution is -2.28. The van der Waals surface area contributed by atoms with Gasteiger partial charge in [-0.25, -0.2) is 15.3 Å². The van der Waals surface area contributed by atoms with E-state index >= 15 is 0 Å². The number of hydrazone groups is 1. The zero-order valence-electron chi connectivity index (χ0n) is 15.4. The maximum atomic E-state index is 11.9. The molecule has 11 heteroatoms. The van der Waals surface area contributed by atoms with E-state index < -0.39 is 17.2 Å². The van der Waals surface area contributed by atoms with Crippen LogP contribution in [0.5, 0.6) is 11.5 Å². The number of nitrogens with zero attached hydrogens (tertiary/aromatic N) is 2. The van der Waals surface area contributed by atoms with Crippen molar-refractivity contribution in [2.45, 2.75) is 26.7 Å². The highest BCUT2D eigenvalue weighted by Gasteiger charge is 2.11. The molecular weight excluding hydrogens is 434 g/mol. The number of hydrogen-bond acceptors (Lipinski definition) is 7. The van der Waals surface area contributed by atoms with Gasteiger partial charge in [-0.1, -0.05) is 0 Å². The number of ether oxygens (including phenoxy) is 2. The van der Waals surface area contributed by atoms with Crippen LogP contribution in [0.15, 0.2) is 31.3 Å². The second-order valence-electron chi connectivity index (χ2n) is 5.44. The molecule has 3 N–H and O–H groups in total. The largest absolute Gasteiger partial charge is 0.490 e. The number of rotatable bonds is 9. The monoisotopic (exact) mass is 453 g/mol. The maximum absolute atomic E-state index is 11.9. The van der Waals surface area contributed by atoms with Gasteiger partial charge in [0.1, 0.15) is 5.69 Å². The first-order valence-corrected chi connectivity index (χ1v) is 9.32. The molecule has 0 aliphatic carbocycles. The van der Waals surface area contributed by atoms with Gasteiger partial charge in [-0.15, -0.1) is 0 Å². The fraction of sp³-hybridized carbons (Fsp3) is 0.353. The van der Waals surface area contributed by atoms with Gasteiger partial charge in [0.2, 0.25) is 5.91 Å². The summed E-state index contributed by atoms with van der Waals surface area (Å²) < 4.78 is 11.8. The van der Waals surface area contributed by atoms with Crippen LogP contribution in [-0.4, -0.2) is 40.5 Å². The van der Waals surface area contributed by atoms with Gasteiger partial charge >= 0.3 is 5.69 Å². The Kier molecular flexibility index (Phi) is 7.93. The number of hydrogen-bond donors (Lipinski definition) is 3. The summed E-state index contributed by atoms with van der Waals surface area (Å²) in [6, 6.07) is 3.53. The van der Waals surface area contributed by atoms with Crippen LogP contribution in [0.25, 0.3) is 0 Å². The van der Waals surface area contributed by atoms with E-state index in [1.165, 1.54) is 6.21 Å². The predicted molar refractivity (Wildman–Crippen MR) is 106 cm³/mol. The van der Waals surface area contributed by atoms with Crippen molar-refractivity contribution in [3.63, 3.8) is 0 Å². The molecule has 1 amide bonds. The Morgan fingerprint density at radius 1 is 1.29 bits per heavy atom. The Balaban J connectivity index is 1.98. The van der Waals surface area contributed by atoms with E-state index in [1.807, 2.05) is 18.8 Å². The van der Waals surface area contributed by atoms with Gasteiger partial charge in [0.25, 0.3) is 5.56 Å². The standard InChI is InChI=1S/C17H20BrN5O5/c1-3-27-13-8-10(7-11(18)15(13)28-4-2)9-19-22-14(24)6-5-12-16(25)20-17(26)23-21-12/h7-9H,3-6H2,1-2H3,(H,22,24)(H2,20,23,25,26)/b19-9+. The molecule has 0 saturated heterocycles. The van der Waals surface area contributed by atoms with E-state index in [0.717, 1.165) is 0 Å². The lowest BCUT2D eigenvalue weighted by atomic mass is 10.2. The summed E-state index contributed by atoms with van der Waals surface area (Å²) in [7, 11) is 0. The van der Waals surface area contributed by atoms with Crippen molar-refractivity contribution in [2.75, 3.05) is 13.2 Å². The molecule has 0 atom stereocenters. The van der Waals surface area contributed by atoms with Crippen LogP contribution in [0.2, 0.25) is 0 Å². The van der Waals surface area contributed by atoms with E-state index in [-0.39, 0.29) is 18.5 Å². The Hall–Kier alpha value is -2.95. The van der Waals surface area contributed by atoms with Crippen molar-refractivity contribution in [2.24, 2.45) is 5.10 Å². The number of H-pyrrole nitrogens is 2. The number of amides is 1. The topological polar surface area (TPSA) is 139 Å². The molecule has 0 spiro atoms. The minimum absolute atomic E-state index is 0.0172. The molecule has 0 aliphatic rings. The highest BCUT2D eigenvalue weighted by Crippen LogP contribution is 2.36. The van der Waals surface area contributed by atoms with Crippen molar-refractivity contribution in [3.05, 3.63) is 48.7 Å². The van der Waals surface area contributed by atoms with Crippen molar-refractivity contribution in [3.8, 4) is 11.5 Å². The van der Waals surface area contributed by atoms with Gasteiger partial charge in [-0.3, -0.25) is 14.6 Å². The molecule has 10 nitrogen and oxygen atoms in total. The zero-order valence-corrected chi connectivity index (χ0v) is 17.0. The van der Waals surface area contributed by atoms with Crippen LogP contribution in [0.4, 0.5) is 0 Å². The Morgan fingerprint density at radius 2 is 2.04 bits per heavy atom. The third-order valence-corrected chi connectivity index (χ3v) is 3.98. The Morgan fingerprint density at radius 3 is 2.71 bits per heavy atom. The number of aryl methyl sites for hydroxylation is 1. The molecule has 2 rings (SSSR count). The lowest BCUT2D eigenvalue weighted by Gasteiger charge is -2.13. The summed E-state index contributed by atoms with van der Waals surface area (Å²) in [6.45, 7) is 4.72. The summed E-state index contributed by atoms with van der Waals surface area (Å²) in [4.78, 5) is 36.3. The molecule has 1 heterocycles. The van der Waals surface area contributed by atoms with Crippen molar-refractivity contribution in [1.29, 1.82) is 0 Å². The number of halogens is 1. The maximum Gasteiger partial charge on any atom is 0.342 e. The number of benzene rings is 1. The molecule has 0 aliphatic heterocycles. The van der Waals surface area contributed by atoms with E-state index in [1.54, 1.807) is 12.1 Å². The summed E-state index contributed by atoms with van der Waals surface area (Å²) in [5.74, 6) is 0.762. The highest BCUT2D eigenvalue weighted by atomic mass is 79.9. The van der Waals surface area contributed by atoms with E-state index in [2.05, 4.69) is 36.7 Å². The molecule has 0 fully saturated rings. The summed E-state index contributed by atoms with van der Waals surface area (Å²) in [6.07, 6.45) is 1.51. The smallest absolute Gasteiger partial charge is 0.342 e. The second-order valence-corrected chi connectivity index (χ2v) is 6.30. The average Bonchev–Trinajstić information content (AvgIpc) is 2.64. The zero-order chi connectivity index (χ0) is 20.5. The molecule has 0 bridgehead atoms. The third-order valence-electron chi connectivity index (χ3n) is 3.39. The molecule has 1 aromatic carbocycles. The van der Waals surface area contributed by atoms with Crippen LogP contribution < -0.4 is 26.1 Å². The molecule has 1 aromatic heterocycles. The summed E-state index contributed by atoms with van der Waals surface area (Å²) in [5.41, 5.74) is 1.81. The van der Waals surface area contributed by atoms with E-state index in [9.17, 15) is 14.4 Å². The highest BCUT2D eigenvalue weighted by molar-refractivity contribution is 9.10. The van der Waals surface area contributed by atoms with Crippen LogP contribution in [-0.2, 0) is 11.2 Å².